The molecule has 0 spiro atoms. The number of hydrogen-bond acceptors (Lipinski definition) is 6. The summed E-state index contributed by atoms with van der Waals surface area (Å²) >= 11 is 0. The zero-order chi connectivity index (χ0) is 22.6. The van der Waals surface area contributed by atoms with E-state index >= 15 is 0 Å². The Morgan fingerprint density at radius 1 is 1.12 bits per heavy atom. The largest absolute Gasteiger partial charge is 0.368 e. The minimum atomic E-state index is -0.407. The van der Waals surface area contributed by atoms with Gasteiger partial charge >= 0.3 is 0 Å². The van der Waals surface area contributed by atoms with Crippen molar-refractivity contribution in [3.8, 4) is 6.07 Å². The predicted octanol–water partition coefficient (Wildman–Crippen LogP) is 3.40. The number of halogens is 1. The van der Waals surface area contributed by atoms with Crippen molar-refractivity contribution < 1.29 is 4.39 Å². The molecule has 0 bridgehead atoms. The van der Waals surface area contributed by atoms with E-state index in [9.17, 15) is 9.65 Å². The highest BCUT2D eigenvalue weighted by molar-refractivity contribution is 5.99. The number of nitrogens with zero attached hydrogens (tertiary/aromatic N) is 6. The smallest absolute Gasteiger partial charge is 0.161 e. The highest BCUT2D eigenvalue weighted by Crippen LogP contribution is 2.34. The van der Waals surface area contributed by atoms with Gasteiger partial charge in [-0.2, -0.15) is 15.5 Å². The van der Waals surface area contributed by atoms with Gasteiger partial charge in [0.25, 0.3) is 0 Å². The Bertz CT molecular complexity index is 1370. The van der Waals surface area contributed by atoms with Gasteiger partial charge in [-0.15, -0.1) is 0 Å². The quantitative estimate of drug-likeness (QED) is 0.516. The Labute approximate surface area is 185 Å². The molecule has 2 atom stereocenters. The Hall–Kier alpha value is -3.64. The summed E-state index contributed by atoms with van der Waals surface area (Å²) in [5.74, 6) is 0.117. The lowest BCUT2D eigenvalue weighted by Crippen LogP contribution is -2.54. The average Bonchev–Trinajstić information content (AvgIpc) is 3.26. The maximum absolute atomic E-state index is 14.5. The van der Waals surface area contributed by atoms with E-state index in [4.69, 9.17) is 0 Å². The molecule has 9 heteroatoms. The van der Waals surface area contributed by atoms with E-state index in [2.05, 4.69) is 51.7 Å². The van der Waals surface area contributed by atoms with E-state index in [0.29, 0.717) is 40.1 Å². The van der Waals surface area contributed by atoms with Crippen LogP contribution in [-0.2, 0) is 14.1 Å². The van der Waals surface area contributed by atoms with Crippen LogP contribution in [0, 0.1) is 17.1 Å². The third kappa shape index (κ3) is 3.42. The fraction of sp³-hybridized carbons (Fsp3) is 0.348. The van der Waals surface area contributed by atoms with Crippen LogP contribution in [0.3, 0.4) is 0 Å². The fourth-order valence-corrected chi connectivity index (χ4v) is 4.69. The molecular weight excluding hydrogens is 407 g/mol. The molecule has 1 aliphatic heterocycles. The Morgan fingerprint density at radius 3 is 2.59 bits per heavy atom. The predicted molar refractivity (Wildman–Crippen MR) is 124 cm³/mol. The van der Waals surface area contributed by atoms with Crippen LogP contribution in [0.2, 0.25) is 0 Å². The summed E-state index contributed by atoms with van der Waals surface area (Å²) in [6, 6.07) is 10.3. The number of nitrogens with one attached hydrogen (secondary N) is 2. The molecule has 2 aromatic heterocycles. The molecule has 2 aromatic carbocycles. The van der Waals surface area contributed by atoms with Gasteiger partial charge in [-0.05, 0) is 38.1 Å². The number of nitriles is 1. The van der Waals surface area contributed by atoms with Gasteiger partial charge in [0.05, 0.1) is 16.5 Å². The number of fused-ring (bicyclic) bond motifs is 2. The number of hydrogen-bond donors (Lipinski definition) is 2. The number of aryl methyl sites for hydroxylation is 2. The van der Waals surface area contributed by atoms with Crippen LogP contribution >= 0.6 is 0 Å². The lowest BCUT2D eigenvalue weighted by Gasteiger charge is -2.37. The van der Waals surface area contributed by atoms with E-state index < -0.39 is 5.82 Å². The second kappa shape index (κ2) is 7.50. The molecule has 0 unspecified atom stereocenters. The molecular formula is C23H25FN8. The third-order valence-corrected chi connectivity index (χ3v) is 5.92. The van der Waals surface area contributed by atoms with E-state index in [1.807, 2.05) is 19.2 Å². The van der Waals surface area contributed by atoms with Gasteiger partial charge in [-0.3, -0.25) is 9.36 Å². The highest BCUT2D eigenvalue weighted by atomic mass is 19.1. The SMILES string of the molecule is C[C@H]1CN(c2cc(C#N)c3c(Nc4cc(F)c5nn(C)cc5c4)nn(C)c3c2)C[C@H](C)N1. The Kier molecular flexibility index (Phi) is 4.75. The van der Waals surface area contributed by atoms with Crippen LogP contribution in [0.15, 0.2) is 30.5 Å². The normalized spacial score (nSPS) is 18.9. The minimum Gasteiger partial charge on any atom is -0.368 e. The van der Waals surface area contributed by atoms with Crippen LogP contribution in [0.4, 0.5) is 21.6 Å². The van der Waals surface area contributed by atoms with Crippen molar-refractivity contribution in [1.82, 2.24) is 24.9 Å². The van der Waals surface area contributed by atoms with Gasteiger partial charge in [0.15, 0.2) is 11.6 Å². The first-order chi connectivity index (χ1) is 15.3. The molecule has 1 fully saturated rings. The molecule has 4 aromatic rings. The van der Waals surface area contributed by atoms with E-state index in [1.165, 1.54) is 6.07 Å². The second-order valence-electron chi connectivity index (χ2n) is 8.67. The number of rotatable bonds is 3. The van der Waals surface area contributed by atoms with Crippen molar-refractivity contribution >= 4 is 39.0 Å². The van der Waals surface area contributed by atoms with E-state index in [1.54, 1.807) is 22.6 Å². The molecule has 32 heavy (non-hydrogen) atoms. The molecule has 5 rings (SSSR count). The fourth-order valence-electron chi connectivity index (χ4n) is 4.69. The van der Waals surface area contributed by atoms with Crippen LogP contribution in [-0.4, -0.2) is 44.7 Å². The molecule has 0 amide bonds. The first kappa shape index (κ1) is 20.3. The van der Waals surface area contributed by atoms with Crippen LogP contribution in [0.1, 0.15) is 19.4 Å². The molecule has 3 heterocycles. The average molecular weight is 433 g/mol. The first-order valence-electron chi connectivity index (χ1n) is 10.6. The molecule has 0 saturated carbocycles. The van der Waals surface area contributed by atoms with Crippen molar-refractivity contribution in [3.63, 3.8) is 0 Å². The Morgan fingerprint density at radius 2 is 1.88 bits per heavy atom. The van der Waals surface area contributed by atoms with E-state index in [-0.39, 0.29) is 0 Å². The molecule has 0 aliphatic carbocycles. The summed E-state index contributed by atoms with van der Waals surface area (Å²) in [6.45, 7) is 6.07. The second-order valence-corrected chi connectivity index (χ2v) is 8.67. The highest BCUT2D eigenvalue weighted by Gasteiger charge is 2.23. The molecule has 0 radical (unpaired) electrons. The number of piperazine rings is 1. The van der Waals surface area contributed by atoms with Crippen molar-refractivity contribution in [3.05, 3.63) is 41.8 Å². The molecule has 164 valence electrons. The zero-order valence-corrected chi connectivity index (χ0v) is 18.5. The van der Waals surface area contributed by atoms with Gasteiger partial charge in [0.1, 0.15) is 11.6 Å². The zero-order valence-electron chi connectivity index (χ0n) is 18.5. The first-order valence-corrected chi connectivity index (χ1v) is 10.6. The Balaban J connectivity index is 1.57. The van der Waals surface area contributed by atoms with Crippen molar-refractivity contribution in [1.29, 1.82) is 5.26 Å². The number of aromatic nitrogens is 4. The monoisotopic (exact) mass is 432 g/mol. The summed E-state index contributed by atoms with van der Waals surface area (Å²) in [6.07, 6.45) is 1.77. The van der Waals surface area contributed by atoms with Crippen molar-refractivity contribution in [2.45, 2.75) is 25.9 Å². The number of anilines is 3. The van der Waals surface area contributed by atoms with Gasteiger partial charge < -0.3 is 15.5 Å². The standard InChI is InChI=1S/C23H25FN8/c1-13-10-32(11-14(2)26-13)18-6-15(9-25)21-20(8-18)31(4)29-23(21)27-17-5-16-12-30(3)28-22(16)19(24)7-17/h5-8,12-14,26H,10-11H2,1-4H3,(H,27,29)/t13-,14-/m0/s1. The van der Waals surface area contributed by atoms with Crippen LogP contribution in [0.5, 0.6) is 0 Å². The van der Waals surface area contributed by atoms with Gasteiger partial charge in [-0.25, -0.2) is 4.39 Å². The summed E-state index contributed by atoms with van der Waals surface area (Å²) in [5, 5.41) is 26.9. The molecule has 1 saturated heterocycles. The van der Waals surface area contributed by atoms with Crippen LogP contribution < -0.4 is 15.5 Å². The van der Waals surface area contributed by atoms with Gasteiger partial charge in [0, 0.05) is 62.2 Å². The van der Waals surface area contributed by atoms with Crippen molar-refractivity contribution in [2.24, 2.45) is 14.1 Å². The maximum Gasteiger partial charge on any atom is 0.161 e. The summed E-state index contributed by atoms with van der Waals surface area (Å²) < 4.78 is 17.9. The summed E-state index contributed by atoms with van der Waals surface area (Å²) in [5.41, 5.74) is 3.27. The van der Waals surface area contributed by atoms with E-state index in [0.717, 1.165) is 29.7 Å². The van der Waals surface area contributed by atoms with Gasteiger partial charge in [-0.1, -0.05) is 0 Å². The molecule has 2 N–H and O–H groups in total. The lowest BCUT2D eigenvalue weighted by molar-refractivity contribution is 0.407. The summed E-state index contributed by atoms with van der Waals surface area (Å²) in [4.78, 5) is 2.30. The minimum absolute atomic E-state index is 0.325. The molecule has 8 nitrogen and oxygen atoms in total. The summed E-state index contributed by atoms with van der Waals surface area (Å²) in [7, 11) is 3.61. The van der Waals surface area contributed by atoms with Gasteiger partial charge in [0.2, 0.25) is 0 Å². The van der Waals surface area contributed by atoms with Crippen LogP contribution in [0.25, 0.3) is 21.8 Å². The number of benzene rings is 2. The van der Waals surface area contributed by atoms with Crippen molar-refractivity contribution in [2.75, 3.05) is 23.3 Å². The topological polar surface area (TPSA) is 86.7 Å². The molecule has 1 aliphatic rings. The maximum atomic E-state index is 14.5. The third-order valence-electron chi connectivity index (χ3n) is 5.92. The lowest BCUT2D eigenvalue weighted by atomic mass is 10.1.